The normalized spacial score (nSPS) is 17.9. The molecule has 2 amide bonds. The lowest BCUT2D eigenvalue weighted by Crippen LogP contribution is -2.45. The van der Waals surface area contributed by atoms with E-state index in [2.05, 4.69) is 5.32 Å². The van der Waals surface area contributed by atoms with Crippen LogP contribution in [0.2, 0.25) is 0 Å². The lowest BCUT2D eigenvalue weighted by molar-refractivity contribution is -0.384. The number of esters is 1. The third kappa shape index (κ3) is 7.01. The molecule has 1 N–H and O–H groups in total. The first-order chi connectivity index (χ1) is 15.0. The van der Waals surface area contributed by atoms with E-state index < -0.39 is 51.2 Å². The summed E-state index contributed by atoms with van der Waals surface area (Å²) in [6.07, 6.45) is 1.84. The van der Waals surface area contributed by atoms with Gasteiger partial charge in [-0.2, -0.15) is 0 Å². The van der Waals surface area contributed by atoms with Crippen molar-refractivity contribution >= 4 is 33.3 Å². The van der Waals surface area contributed by atoms with Gasteiger partial charge in [0.25, 0.3) is 17.5 Å². The molecule has 1 aromatic rings. The van der Waals surface area contributed by atoms with Crippen LogP contribution in [-0.2, 0) is 24.2 Å². The molecule has 0 saturated carbocycles. The maximum atomic E-state index is 12.6. The fourth-order valence-electron chi connectivity index (χ4n) is 3.30. The summed E-state index contributed by atoms with van der Waals surface area (Å²) in [7, 11) is -3.18. The Morgan fingerprint density at radius 2 is 2.06 bits per heavy atom. The quantitative estimate of drug-likeness (QED) is 0.303. The molecule has 0 aromatic heterocycles. The Morgan fingerprint density at radius 3 is 2.66 bits per heavy atom. The summed E-state index contributed by atoms with van der Waals surface area (Å²) < 4.78 is 28.6. The number of benzene rings is 1. The van der Waals surface area contributed by atoms with Crippen LogP contribution < -0.4 is 5.32 Å². The molecule has 12 heteroatoms. The molecule has 1 aliphatic rings. The van der Waals surface area contributed by atoms with E-state index >= 15 is 0 Å². The van der Waals surface area contributed by atoms with Gasteiger partial charge in [-0.1, -0.05) is 19.4 Å². The number of unbranched alkanes of at least 4 members (excludes halogenated alkanes) is 1. The van der Waals surface area contributed by atoms with Crippen LogP contribution in [0, 0.1) is 10.1 Å². The van der Waals surface area contributed by atoms with Crippen molar-refractivity contribution in [2.24, 2.45) is 0 Å². The number of nitrogens with zero attached hydrogens (tertiary/aromatic N) is 2. The number of carbonyl (C=O) groups excluding carboxylic acids is 3. The SMILES string of the molecule is CCCCN(C(=O)COC(=O)[C@H](C)NC(=O)c1cccc([N+](=O)[O-])c1)C1CCS(=O)(=O)C1. The highest BCUT2D eigenvalue weighted by Crippen LogP contribution is 2.19. The van der Waals surface area contributed by atoms with Gasteiger partial charge in [0.15, 0.2) is 16.4 Å². The molecule has 1 fully saturated rings. The minimum atomic E-state index is -3.18. The molecule has 176 valence electrons. The second-order valence-corrected chi connectivity index (χ2v) is 9.84. The summed E-state index contributed by atoms with van der Waals surface area (Å²) >= 11 is 0. The topological polar surface area (TPSA) is 153 Å². The molecule has 1 unspecified atom stereocenters. The highest BCUT2D eigenvalue weighted by atomic mass is 32.2. The van der Waals surface area contributed by atoms with Crippen molar-refractivity contribution in [3.8, 4) is 0 Å². The first-order valence-electron chi connectivity index (χ1n) is 10.3. The average Bonchev–Trinajstić information content (AvgIpc) is 3.11. The second kappa shape index (κ2) is 11.0. The van der Waals surface area contributed by atoms with E-state index in [1.807, 2.05) is 6.92 Å². The van der Waals surface area contributed by atoms with Gasteiger partial charge in [-0.3, -0.25) is 19.7 Å². The highest BCUT2D eigenvalue weighted by Gasteiger charge is 2.34. The number of rotatable bonds is 10. The van der Waals surface area contributed by atoms with Crippen molar-refractivity contribution in [3.63, 3.8) is 0 Å². The third-order valence-corrected chi connectivity index (χ3v) is 6.83. The van der Waals surface area contributed by atoms with E-state index in [-0.39, 0.29) is 22.8 Å². The van der Waals surface area contributed by atoms with Crippen molar-refractivity contribution in [2.45, 2.75) is 45.2 Å². The Hall–Kier alpha value is -3.02. The summed E-state index contributed by atoms with van der Waals surface area (Å²) in [5.74, 6) is -2.14. The number of amides is 2. The van der Waals surface area contributed by atoms with Crippen molar-refractivity contribution < 1.29 is 32.5 Å². The Labute approximate surface area is 186 Å². The molecule has 1 saturated heterocycles. The van der Waals surface area contributed by atoms with Crippen molar-refractivity contribution in [1.82, 2.24) is 10.2 Å². The summed E-state index contributed by atoms with van der Waals surface area (Å²) in [6, 6.07) is 3.49. The summed E-state index contributed by atoms with van der Waals surface area (Å²) in [4.78, 5) is 48.8. The summed E-state index contributed by atoms with van der Waals surface area (Å²) in [6.45, 7) is 3.10. The maximum absolute atomic E-state index is 12.6. The molecule has 2 atom stereocenters. The van der Waals surface area contributed by atoms with Gasteiger partial charge in [-0.05, 0) is 25.8 Å². The molecule has 2 rings (SSSR count). The Bertz CT molecular complexity index is 979. The highest BCUT2D eigenvalue weighted by molar-refractivity contribution is 7.91. The van der Waals surface area contributed by atoms with Gasteiger partial charge >= 0.3 is 5.97 Å². The van der Waals surface area contributed by atoms with Crippen LogP contribution in [0.15, 0.2) is 24.3 Å². The lowest BCUT2D eigenvalue weighted by atomic mass is 10.2. The van der Waals surface area contributed by atoms with E-state index in [9.17, 15) is 32.9 Å². The fraction of sp³-hybridized carbons (Fsp3) is 0.550. The molecule has 1 heterocycles. The van der Waals surface area contributed by atoms with Crippen LogP contribution in [0.25, 0.3) is 0 Å². The zero-order valence-corrected chi connectivity index (χ0v) is 18.8. The van der Waals surface area contributed by atoms with Crippen molar-refractivity contribution in [1.29, 1.82) is 0 Å². The van der Waals surface area contributed by atoms with Gasteiger partial charge in [-0.15, -0.1) is 0 Å². The van der Waals surface area contributed by atoms with Gasteiger partial charge in [0.1, 0.15) is 6.04 Å². The van der Waals surface area contributed by atoms with Crippen molar-refractivity contribution in [3.05, 3.63) is 39.9 Å². The van der Waals surface area contributed by atoms with Crippen LogP contribution >= 0.6 is 0 Å². The molecule has 0 spiro atoms. The molecular weight excluding hydrogens is 442 g/mol. The van der Waals surface area contributed by atoms with Crippen LogP contribution in [0.5, 0.6) is 0 Å². The maximum Gasteiger partial charge on any atom is 0.328 e. The number of hydrogen-bond donors (Lipinski definition) is 1. The van der Waals surface area contributed by atoms with Gasteiger partial charge < -0.3 is 15.0 Å². The second-order valence-electron chi connectivity index (χ2n) is 7.61. The van der Waals surface area contributed by atoms with Crippen LogP contribution in [-0.4, -0.2) is 72.8 Å². The molecule has 0 bridgehead atoms. The van der Waals surface area contributed by atoms with Gasteiger partial charge in [0, 0.05) is 30.3 Å². The first-order valence-corrected chi connectivity index (χ1v) is 12.1. The molecule has 32 heavy (non-hydrogen) atoms. The van der Waals surface area contributed by atoms with E-state index in [0.717, 1.165) is 12.5 Å². The number of carbonyl (C=O) groups is 3. The predicted octanol–water partition coefficient (Wildman–Crippen LogP) is 1.07. The summed E-state index contributed by atoms with van der Waals surface area (Å²) in [5, 5.41) is 13.2. The number of nitro groups is 1. The van der Waals surface area contributed by atoms with Gasteiger partial charge in [0.05, 0.1) is 16.4 Å². The van der Waals surface area contributed by atoms with Crippen LogP contribution in [0.1, 0.15) is 43.5 Å². The van der Waals surface area contributed by atoms with Gasteiger partial charge in [0.2, 0.25) is 0 Å². The number of sulfone groups is 1. The Morgan fingerprint density at radius 1 is 1.34 bits per heavy atom. The smallest absolute Gasteiger partial charge is 0.328 e. The first kappa shape index (κ1) is 25.2. The molecule has 1 aliphatic heterocycles. The van der Waals surface area contributed by atoms with E-state index in [1.165, 1.54) is 30.0 Å². The number of ether oxygens (including phenoxy) is 1. The summed E-state index contributed by atoms with van der Waals surface area (Å²) in [5.41, 5.74) is -0.261. The van der Waals surface area contributed by atoms with Crippen LogP contribution in [0.3, 0.4) is 0 Å². The molecular formula is C20H27N3O8S. The zero-order chi connectivity index (χ0) is 23.9. The largest absolute Gasteiger partial charge is 0.454 e. The number of nitrogens with one attached hydrogen (secondary N) is 1. The third-order valence-electron chi connectivity index (χ3n) is 5.08. The van der Waals surface area contributed by atoms with E-state index in [0.29, 0.717) is 19.4 Å². The number of hydrogen-bond acceptors (Lipinski definition) is 8. The van der Waals surface area contributed by atoms with E-state index in [1.54, 1.807) is 0 Å². The Kier molecular flexibility index (Phi) is 8.70. The van der Waals surface area contributed by atoms with Crippen molar-refractivity contribution in [2.75, 3.05) is 24.7 Å². The minimum absolute atomic E-state index is 0.00288. The zero-order valence-electron chi connectivity index (χ0n) is 18.0. The number of non-ortho nitro benzene ring substituents is 1. The predicted molar refractivity (Wildman–Crippen MR) is 115 cm³/mol. The molecule has 1 aromatic carbocycles. The fourth-order valence-corrected chi connectivity index (χ4v) is 5.03. The Balaban J connectivity index is 1.92. The van der Waals surface area contributed by atoms with Crippen LogP contribution in [0.4, 0.5) is 5.69 Å². The minimum Gasteiger partial charge on any atom is -0.454 e. The number of nitro benzene ring substituents is 1. The average molecular weight is 470 g/mol. The van der Waals surface area contributed by atoms with Gasteiger partial charge in [-0.25, -0.2) is 13.2 Å². The monoisotopic (exact) mass is 469 g/mol. The molecule has 11 nitrogen and oxygen atoms in total. The van der Waals surface area contributed by atoms with E-state index in [4.69, 9.17) is 4.74 Å². The molecule has 0 aliphatic carbocycles. The standard InChI is InChI=1S/C20H27N3O8S/c1-3-4-9-22(17-8-10-32(29,30)13-17)18(24)12-31-20(26)14(2)21-19(25)15-6-5-7-16(11-15)23(27)28/h5-7,11,14,17H,3-4,8-10,12-13H2,1-2H3,(H,21,25)/t14-,17?/m0/s1. The molecule has 0 radical (unpaired) electrons. The lowest BCUT2D eigenvalue weighted by Gasteiger charge is -2.28.